The molecule has 7 heteroatoms. The molecule has 142 valence electrons. The molecule has 2 atom stereocenters. The van der Waals surface area contributed by atoms with Gasteiger partial charge in [0.2, 0.25) is 11.8 Å². The Morgan fingerprint density at radius 2 is 2.04 bits per heavy atom. The zero-order chi connectivity index (χ0) is 17.6. The molecule has 0 unspecified atom stereocenters. The van der Waals surface area contributed by atoms with Crippen LogP contribution in [0.25, 0.3) is 0 Å². The number of hydrogen-bond acceptors (Lipinski definition) is 5. The number of amides is 2. The predicted octanol–water partition coefficient (Wildman–Crippen LogP) is -0.232. The van der Waals surface area contributed by atoms with Crippen LogP contribution in [0.3, 0.4) is 0 Å². The second-order valence-corrected chi connectivity index (χ2v) is 7.45. The maximum Gasteiger partial charge on any atom is 0.236 e. The van der Waals surface area contributed by atoms with Crippen molar-refractivity contribution in [2.24, 2.45) is 5.92 Å². The molecule has 0 aromatic rings. The van der Waals surface area contributed by atoms with Gasteiger partial charge in [-0.2, -0.15) is 0 Å². The Morgan fingerprint density at radius 1 is 1.24 bits per heavy atom. The summed E-state index contributed by atoms with van der Waals surface area (Å²) in [6.07, 6.45) is 3.34. The van der Waals surface area contributed by atoms with Gasteiger partial charge in [-0.1, -0.05) is 0 Å². The van der Waals surface area contributed by atoms with Crippen LogP contribution in [0.1, 0.15) is 25.7 Å². The van der Waals surface area contributed by atoms with Crippen molar-refractivity contribution in [3.8, 4) is 0 Å². The molecular weight excluding hydrogens is 320 g/mol. The van der Waals surface area contributed by atoms with Crippen molar-refractivity contribution in [2.75, 3.05) is 66.1 Å². The van der Waals surface area contributed by atoms with Crippen molar-refractivity contribution >= 4 is 11.8 Å². The second-order valence-electron chi connectivity index (χ2n) is 7.45. The minimum absolute atomic E-state index is 0.253. The van der Waals surface area contributed by atoms with Gasteiger partial charge in [-0.15, -0.1) is 0 Å². The van der Waals surface area contributed by atoms with E-state index in [0.717, 1.165) is 65.1 Å². The summed E-state index contributed by atoms with van der Waals surface area (Å²) in [5, 5.41) is 3.32. The van der Waals surface area contributed by atoms with Crippen LogP contribution in [0.4, 0.5) is 0 Å². The lowest BCUT2D eigenvalue weighted by atomic mass is 9.83. The molecule has 0 radical (unpaired) electrons. The van der Waals surface area contributed by atoms with Crippen LogP contribution in [-0.4, -0.2) is 98.6 Å². The molecule has 3 aliphatic rings. The van der Waals surface area contributed by atoms with E-state index < -0.39 is 0 Å². The first-order chi connectivity index (χ1) is 12.2. The van der Waals surface area contributed by atoms with Crippen molar-refractivity contribution < 1.29 is 14.3 Å². The fourth-order valence-corrected chi connectivity index (χ4v) is 4.41. The van der Waals surface area contributed by atoms with Gasteiger partial charge in [0.15, 0.2) is 0 Å². The van der Waals surface area contributed by atoms with E-state index in [9.17, 15) is 9.59 Å². The summed E-state index contributed by atoms with van der Waals surface area (Å²) in [6, 6.07) is 0.307. The van der Waals surface area contributed by atoms with Gasteiger partial charge in [-0.25, -0.2) is 0 Å². The molecule has 3 aliphatic heterocycles. The van der Waals surface area contributed by atoms with E-state index in [-0.39, 0.29) is 11.8 Å². The summed E-state index contributed by atoms with van der Waals surface area (Å²) in [5.41, 5.74) is 0. The van der Waals surface area contributed by atoms with Crippen LogP contribution in [0.15, 0.2) is 0 Å². The van der Waals surface area contributed by atoms with E-state index in [0.29, 0.717) is 31.5 Å². The highest BCUT2D eigenvalue weighted by Gasteiger charge is 2.40. The Hall–Kier alpha value is -1.18. The minimum Gasteiger partial charge on any atom is -0.385 e. The van der Waals surface area contributed by atoms with Gasteiger partial charge in [0.25, 0.3) is 0 Å². The molecule has 2 amide bonds. The van der Waals surface area contributed by atoms with Crippen LogP contribution >= 0.6 is 0 Å². The fraction of sp³-hybridized carbons (Fsp3) is 0.889. The number of piperidine rings is 2. The lowest BCUT2D eigenvalue weighted by Crippen LogP contribution is -2.58. The molecule has 7 nitrogen and oxygen atoms in total. The Balaban J connectivity index is 1.52. The van der Waals surface area contributed by atoms with Gasteiger partial charge >= 0.3 is 0 Å². The molecule has 0 aliphatic carbocycles. The average molecular weight is 352 g/mol. The number of carbonyl (C=O) groups excluding carboxylic acids is 2. The van der Waals surface area contributed by atoms with Crippen molar-refractivity contribution in [1.29, 1.82) is 0 Å². The van der Waals surface area contributed by atoms with E-state index in [1.165, 1.54) is 0 Å². The van der Waals surface area contributed by atoms with Crippen LogP contribution in [0.5, 0.6) is 0 Å². The Labute approximate surface area is 150 Å². The first-order valence-electron chi connectivity index (χ1n) is 9.68. The van der Waals surface area contributed by atoms with Crippen molar-refractivity contribution in [1.82, 2.24) is 20.0 Å². The first kappa shape index (κ1) is 18.6. The molecule has 0 aromatic carbocycles. The fourth-order valence-electron chi connectivity index (χ4n) is 4.41. The molecule has 0 saturated carbocycles. The summed E-state index contributed by atoms with van der Waals surface area (Å²) in [6.45, 7) is 7.44. The normalized spacial score (nSPS) is 28.1. The summed E-state index contributed by atoms with van der Waals surface area (Å²) in [4.78, 5) is 31.3. The second kappa shape index (κ2) is 8.96. The number of rotatable bonds is 6. The van der Waals surface area contributed by atoms with Gasteiger partial charge < -0.3 is 19.9 Å². The number of piperazine rings is 1. The molecule has 25 heavy (non-hydrogen) atoms. The highest BCUT2D eigenvalue weighted by atomic mass is 16.5. The predicted molar refractivity (Wildman–Crippen MR) is 95.2 cm³/mol. The van der Waals surface area contributed by atoms with Gasteiger partial charge in [-0.3, -0.25) is 14.5 Å². The number of likely N-dealkylation sites (tertiary alicyclic amines) is 2. The monoisotopic (exact) mass is 352 g/mol. The van der Waals surface area contributed by atoms with Crippen LogP contribution in [-0.2, 0) is 14.3 Å². The third-order valence-corrected chi connectivity index (χ3v) is 5.81. The zero-order valence-corrected chi connectivity index (χ0v) is 15.4. The Bertz CT molecular complexity index is 467. The summed E-state index contributed by atoms with van der Waals surface area (Å²) in [5.74, 6) is 0.960. The van der Waals surface area contributed by atoms with Crippen LogP contribution < -0.4 is 5.32 Å². The Morgan fingerprint density at radius 3 is 2.80 bits per heavy atom. The molecule has 0 bridgehead atoms. The third kappa shape index (κ3) is 4.71. The smallest absolute Gasteiger partial charge is 0.236 e. The van der Waals surface area contributed by atoms with Crippen molar-refractivity contribution in [3.05, 3.63) is 0 Å². The van der Waals surface area contributed by atoms with Crippen molar-refractivity contribution in [3.63, 3.8) is 0 Å². The van der Waals surface area contributed by atoms with E-state index in [2.05, 4.69) is 15.1 Å². The number of hydrogen-bond donors (Lipinski definition) is 1. The maximum atomic E-state index is 12.7. The number of ether oxygens (including phenoxy) is 1. The van der Waals surface area contributed by atoms with Gasteiger partial charge in [0, 0.05) is 72.0 Å². The molecule has 1 N–H and O–H groups in total. The highest BCUT2D eigenvalue weighted by molar-refractivity contribution is 5.79. The topological polar surface area (TPSA) is 65.1 Å². The maximum absolute atomic E-state index is 12.7. The number of nitrogens with zero attached hydrogens (tertiary/aromatic N) is 3. The number of carbonyl (C=O) groups is 2. The third-order valence-electron chi connectivity index (χ3n) is 5.81. The quantitative estimate of drug-likeness (QED) is 0.669. The van der Waals surface area contributed by atoms with Gasteiger partial charge in [0.05, 0.1) is 6.54 Å². The van der Waals surface area contributed by atoms with E-state index in [1.807, 2.05) is 4.90 Å². The van der Waals surface area contributed by atoms with E-state index in [1.54, 1.807) is 7.11 Å². The minimum atomic E-state index is 0.253. The molecular formula is C18H32N4O3. The van der Waals surface area contributed by atoms with E-state index in [4.69, 9.17) is 4.74 Å². The molecule has 3 heterocycles. The molecule has 0 spiro atoms. The standard InChI is InChI=1S/C18H32N4O3/c1-25-12-2-8-22-16-5-9-21(13-15(16)3-4-17(22)23)18(24)14-20-10-6-19-7-11-20/h15-16,19H,2-14H2,1H3/t15-,16+/m0/s1. The van der Waals surface area contributed by atoms with Gasteiger partial charge in [0.1, 0.15) is 0 Å². The molecule has 0 aromatic heterocycles. The molecule has 3 fully saturated rings. The largest absolute Gasteiger partial charge is 0.385 e. The summed E-state index contributed by atoms with van der Waals surface area (Å²) >= 11 is 0. The summed E-state index contributed by atoms with van der Waals surface area (Å²) < 4.78 is 5.12. The molecule has 3 saturated heterocycles. The zero-order valence-electron chi connectivity index (χ0n) is 15.4. The SMILES string of the molecule is COCCCN1C(=O)CC[C@H]2CN(C(=O)CN3CCNCC3)CC[C@H]21. The van der Waals surface area contributed by atoms with E-state index >= 15 is 0 Å². The number of fused-ring (bicyclic) bond motifs is 1. The number of methoxy groups -OCH3 is 1. The van der Waals surface area contributed by atoms with Gasteiger partial charge in [-0.05, 0) is 25.2 Å². The lowest BCUT2D eigenvalue weighted by Gasteiger charge is -2.47. The molecule has 3 rings (SSSR count). The van der Waals surface area contributed by atoms with Crippen LogP contribution in [0, 0.1) is 5.92 Å². The lowest BCUT2D eigenvalue weighted by molar-refractivity contribution is -0.144. The Kier molecular flexibility index (Phi) is 6.67. The first-order valence-corrected chi connectivity index (χ1v) is 9.68. The van der Waals surface area contributed by atoms with Crippen LogP contribution in [0.2, 0.25) is 0 Å². The number of nitrogens with one attached hydrogen (secondary N) is 1. The highest BCUT2D eigenvalue weighted by Crippen LogP contribution is 2.31. The van der Waals surface area contributed by atoms with Crippen molar-refractivity contribution in [2.45, 2.75) is 31.7 Å². The average Bonchev–Trinajstić information content (AvgIpc) is 2.64. The summed E-state index contributed by atoms with van der Waals surface area (Å²) in [7, 11) is 1.70.